The van der Waals surface area contributed by atoms with Crippen molar-refractivity contribution >= 4 is 33.0 Å². The van der Waals surface area contributed by atoms with E-state index in [2.05, 4.69) is 0 Å². The van der Waals surface area contributed by atoms with Crippen LogP contribution in [0.5, 0.6) is 0 Å². The van der Waals surface area contributed by atoms with Crippen LogP contribution in [0, 0.1) is 11.7 Å². The van der Waals surface area contributed by atoms with Crippen LogP contribution in [0.25, 0.3) is 0 Å². The van der Waals surface area contributed by atoms with Gasteiger partial charge in [0.25, 0.3) is 0 Å². The molecule has 1 saturated carbocycles. The Balaban J connectivity index is 1.19. The van der Waals surface area contributed by atoms with E-state index < -0.39 is 9.84 Å². The van der Waals surface area contributed by atoms with Gasteiger partial charge in [-0.25, -0.2) is 12.8 Å². The molecule has 0 spiro atoms. The van der Waals surface area contributed by atoms with Crippen LogP contribution in [-0.4, -0.2) is 63.1 Å². The SMILES string of the molecule is CC1Cc2cc(S(=O)(=O)CCC(=O)N3CCN(c4ccccc4F)CC3)ccc2N1C(=O)C1CC1. The molecule has 186 valence electrons. The summed E-state index contributed by atoms with van der Waals surface area (Å²) in [6.45, 7) is 3.83. The van der Waals surface area contributed by atoms with E-state index in [4.69, 9.17) is 0 Å². The van der Waals surface area contributed by atoms with Crippen molar-refractivity contribution in [3.8, 4) is 0 Å². The van der Waals surface area contributed by atoms with Crippen LogP contribution in [0.4, 0.5) is 15.8 Å². The molecule has 0 radical (unpaired) electrons. The molecular weight excluding hydrogens is 469 g/mol. The molecule has 1 unspecified atom stereocenters. The van der Waals surface area contributed by atoms with Crippen molar-refractivity contribution in [2.45, 2.75) is 43.5 Å². The van der Waals surface area contributed by atoms with Gasteiger partial charge in [0.1, 0.15) is 5.82 Å². The highest BCUT2D eigenvalue weighted by Crippen LogP contribution is 2.39. The third-order valence-electron chi connectivity index (χ3n) is 7.20. The predicted molar refractivity (Wildman–Crippen MR) is 132 cm³/mol. The van der Waals surface area contributed by atoms with Gasteiger partial charge in [-0.15, -0.1) is 0 Å². The average Bonchev–Trinajstić information content (AvgIpc) is 3.64. The second-order valence-corrected chi connectivity index (χ2v) is 11.8. The van der Waals surface area contributed by atoms with E-state index in [0.717, 1.165) is 24.1 Å². The standard InChI is InChI=1S/C26H30FN3O4S/c1-18-16-20-17-21(8-9-23(20)30(18)26(32)19-6-7-19)35(33,34)15-10-25(31)29-13-11-28(12-14-29)24-5-3-2-4-22(24)27/h2-5,8-9,17-19H,6-7,10-16H2,1H3. The Bertz CT molecular complexity index is 1250. The van der Waals surface area contributed by atoms with E-state index in [1.807, 2.05) is 16.7 Å². The summed E-state index contributed by atoms with van der Waals surface area (Å²) in [7, 11) is -3.65. The summed E-state index contributed by atoms with van der Waals surface area (Å²) in [6, 6.07) is 11.5. The maximum atomic E-state index is 14.0. The first-order chi connectivity index (χ1) is 16.7. The molecule has 2 aromatic rings. The number of piperazine rings is 1. The fourth-order valence-electron chi connectivity index (χ4n) is 5.07. The first-order valence-corrected chi connectivity index (χ1v) is 13.9. The second kappa shape index (κ2) is 9.26. The number of hydrogen-bond acceptors (Lipinski definition) is 5. The number of rotatable bonds is 6. The number of halogens is 1. The number of nitrogens with zero attached hydrogens (tertiary/aromatic N) is 3. The van der Waals surface area contributed by atoms with E-state index in [1.54, 1.807) is 41.3 Å². The number of hydrogen-bond donors (Lipinski definition) is 0. The van der Waals surface area contributed by atoms with Crippen molar-refractivity contribution in [3.63, 3.8) is 0 Å². The molecule has 1 saturated heterocycles. The van der Waals surface area contributed by atoms with Gasteiger partial charge < -0.3 is 14.7 Å². The number of anilines is 2. The van der Waals surface area contributed by atoms with Crippen molar-refractivity contribution in [1.29, 1.82) is 0 Å². The minimum absolute atomic E-state index is 0.0145. The fourth-order valence-corrected chi connectivity index (χ4v) is 6.34. The monoisotopic (exact) mass is 499 g/mol. The van der Waals surface area contributed by atoms with Gasteiger partial charge in [-0.05, 0) is 62.1 Å². The van der Waals surface area contributed by atoms with Gasteiger partial charge in [-0.2, -0.15) is 0 Å². The third kappa shape index (κ3) is 4.78. The number of sulfone groups is 1. The Morgan fingerprint density at radius 3 is 2.40 bits per heavy atom. The van der Waals surface area contributed by atoms with Crippen LogP contribution in [-0.2, 0) is 25.8 Å². The summed E-state index contributed by atoms with van der Waals surface area (Å²) in [5.74, 6) is -0.530. The summed E-state index contributed by atoms with van der Waals surface area (Å²) in [5.41, 5.74) is 2.19. The van der Waals surface area contributed by atoms with Crippen LogP contribution in [0.3, 0.4) is 0 Å². The van der Waals surface area contributed by atoms with E-state index in [1.165, 1.54) is 6.07 Å². The van der Waals surface area contributed by atoms with Crippen LogP contribution in [0.1, 0.15) is 31.7 Å². The lowest BCUT2D eigenvalue weighted by molar-refractivity contribution is -0.131. The summed E-state index contributed by atoms with van der Waals surface area (Å²) in [4.78, 5) is 30.9. The lowest BCUT2D eigenvalue weighted by Gasteiger charge is -2.36. The van der Waals surface area contributed by atoms with E-state index in [9.17, 15) is 22.4 Å². The number of amides is 2. The summed E-state index contributed by atoms with van der Waals surface area (Å²) in [5, 5.41) is 0. The average molecular weight is 500 g/mol. The van der Waals surface area contributed by atoms with Crippen LogP contribution < -0.4 is 9.80 Å². The molecule has 3 aliphatic rings. The Morgan fingerprint density at radius 2 is 1.71 bits per heavy atom. The molecule has 35 heavy (non-hydrogen) atoms. The molecule has 0 aromatic heterocycles. The van der Waals surface area contributed by atoms with Gasteiger partial charge in [-0.3, -0.25) is 9.59 Å². The minimum Gasteiger partial charge on any atom is -0.366 e. The zero-order chi connectivity index (χ0) is 24.7. The van der Waals surface area contributed by atoms with Crippen molar-refractivity contribution in [3.05, 3.63) is 53.8 Å². The zero-order valence-electron chi connectivity index (χ0n) is 19.8. The second-order valence-electron chi connectivity index (χ2n) is 9.71. The lowest BCUT2D eigenvalue weighted by atomic mass is 10.1. The summed E-state index contributed by atoms with van der Waals surface area (Å²) in [6.07, 6.45) is 2.39. The molecule has 0 bridgehead atoms. The molecule has 2 aliphatic heterocycles. The number of benzene rings is 2. The van der Waals surface area contributed by atoms with Gasteiger partial charge in [0.2, 0.25) is 11.8 Å². The minimum atomic E-state index is -3.65. The molecule has 2 fully saturated rings. The van der Waals surface area contributed by atoms with E-state index >= 15 is 0 Å². The quantitative estimate of drug-likeness (QED) is 0.611. The molecule has 2 heterocycles. The van der Waals surface area contributed by atoms with Crippen LogP contribution >= 0.6 is 0 Å². The van der Waals surface area contributed by atoms with E-state index in [0.29, 0.717) is 38.3 Å². The maximum absolute atomic E-state index is 14.0. The normalized spacial score (nSPS) is 20.2. The summed E-state index contributed by atoms with van der Waals surface area (Å²) >= 11 is 0. The van der Waals surface area contributed by atoms with Gasteiger partial charge in [0, 0.05) is 50.2 Å². The lowest BCUT2D eigenvalue weighted by Crippen LogP contribution is -2.49. The molecule has 2 amide bonds. The van der Waals surface area contributed by atoms with Crippen molar-refractivity contribution in [2.24, 2.45) is 5.92 Å². The molecule has 9 heteroatoms. The molecule has 5 rings (SSSR count). The zero-order valence-corrected chi connectivity index (χ0v) is 20.6. The van der Waals surface area contributed by atoms with Gasteiger partial charge in [-0.1, -0.05) is 12.1 Å². The fraction of sp³-hybridized carbons (Fsp3) is 0.462. The predicted octanol–water partition coefficient (Wildman–Crippen LogP) is 3.03. The van der Waals surface area contributed by atoms with Crippen molar-refractivity contribution in [1.82, 2.24) is 4.90 Å². The molecule has 0 N–H and O–H groups in total. The Labute approximate surface area is 205 Å². The Morgan fingerprint density at radius 1 is 1.00 bits per heavy atom. The Hall–Kier alpha value is -2.94. The van der Waals surface area contributed by atoms with Crippen LogP contribution in [0.2, 0.25) is 0 Å². The van der Waals surface area contributed by atoms with Gasteiger partial charge in [0.15, 0.2) is 9.84 Å². The largest absolute Gasteiger partial charge is 0.366 e. The van der Waals surface area contributed by atoms with Crippen molar-refractivity contribution in [2.75, 3.05) is 41.7 Å². The third-order valence-corrected chi connectivity index (χ3v) is 8.91. The molecule has 1 atom stereocenters. The highest BCUT2D eigenvalue weighted by molar-refractivity contribution is 7.91. The first kappa shape index (κ1) is 23.8. The molecule has 1 aliphatic carbocycles. The van der Waals surface area contributed by atoms with E-state index in [-0.39, 0.29) is 46.7 Å². The number of para-hydroxylation sites is 1. The van der Waals surface area contributed by atoms with Crippen molar-refractivity contribution < 1.29 is 22.4 Å². The van der Waals surface area contributed by atoms with Gasteiger partial charge in [0.05, 0.1) is 16.3 Å². The smallest absolute Gasteiger partial charge is 0.230 e. The molecule has 7 nitrogen and oxygen atoms in total. The topological polar surface area (TPSA) is 78.0 Å². The van der Waals surface area contributed by atoms with Gasteiger partial charge >= 0.3 is 0 Å². The number of carbonyl (C=O) groups is 2. The number of fused-ring (bicyclic) bond motifs is 1. The molecular formula is C26H30FN3O4S. The van der Waals surface area contributed by atoms with Crippen LogP contribution in [0.15, 0.2) is 47.4 Å². The summed E-state index contributed by atoms with van der Waals surface area (Å²) < 4.78 is 40.1. The molecule has 2 aromatic carbocycles. The highest BCUT2D eigenvalue weighted by Gasteiger charge is 2.39. The maximum Gasteiger partial charge on any atom is 0.230 e. The number of carbonyl (C=O) groups excluding carboxylic acids is 2. The highest BCUT2D eigenvalue weighted by atomic mass is 32.2. The Kier molecular flexibility index (Phi) is 6.29. The first-order valence-electron chi connectivity index (χ1n) is 12.2.